The Kier molecular flexibility index (Phi) is 3.40. The first kappa shape index (κ1) is 12.4. The van der Waals surface area contributed by atoms with Crippen LogP contribution < -0.4 is 5.32 Å². The summed E-state index contributed by atoms with van der Waals surface area (Å²) in [5.41, 5.74) is -0.821. The Labute approximate surface area is 97.5 Å². The molecule has 1 atom stereocenters. The van der Waals surface area contributed by atoms with Crippen LogP contribution in [0.1, 0.15) is 30.1 Å². The van der Waals surface area contributed by atoms with Crippen LogP contribution in [0.4, 0.5) is 13.2 Å². The summed E-state index contributed by atoms with van der Waals surface area (Å²) in [6.07, 6.45) is -3.47. The van der Waals surface area contributed by atoms with Crippen molar-refractivity contribution >= 4 is 0 Å². The van der Waals surface area contributed by atoms with Crippen LogP contribution >= 0.6 is 0 Å². The van der Waals surface area contributed by atoms with E-state index in [1.54, 1.807) is 0 Å². The highest BCUT2D eigenvalue weighted by molar-refractivity contribution is 5.31. The van der Waals surface area contributed by atoms with Gasteiger partial charge in [0.1, 0.15) is 0 Å². The Hall–Kier alpha value is -1.07. The van der Waals surface area contributed by atoms with Crippen molar-refractivity contribution < 1.29 is 18.3 Å². The van der Waals surface area contributed by atoms with E-state index >= 15 is 0 Å². The fourth-order valence-corrected chi connectivity index (χ4v) is 1.72. The van der Waals surface area contributed by atoms with Gasteiger partial charge in [-0.1, -0.05) is 18.2 Å². The van der Waals surface area contributed by atoms with E-state index in [9.17, 15) is 18.3 Å². The number of rotatable bonds is 4. The van der Waals surface area contributed by atoms with Gasteiger partial charge in [-0.15, -0.1) is 0 Å². The molecule has 0 aliphatic heterocycles. The van der Waals surface area contributed by atoms with Crippen molar-refractivity contribution in [3.63, 3.8) is 0 Å². The lowest BCUT2D eigenvalue weighted by molar-refractivity contribution is -0.139. The molecular weight excluding hydrogens is 231 g/mol. The first-order chi connectivity index (χ1) is 7.98. The maximum atomic E-state index is 12.7. The SMILES string of the molecule is OC(CNC1CC1)c1ccccc1C(F)(F)F. The minimum atomic E-state index is -4.42. The molecule has 2 rings (SSSR count). The Morgan fingerprint density at radius 2 is 1.94 bits per heavy atom. The lowest BCUT2D eigenvalue weighted by atomic mass is 10.0. The van der Waals surface area contributed by atoms with E-state index in [0.717, 1.165) is 18.9 Å². The Bertz CT molecular complexity index is 388. The van der Waals surface area contributed by atoms with Crippen molar-refractivity contribution in [2.24, 2.45) is 0 Å². The summed E-state index contributed by atoms with van der Waals surface area (Å²) >= 11 is 0. The fourth-order valence-electron chi connectivity index (χ4n) is 1.72. The summed E-state index contributed by atoms with van der Waals surface area (Å²) in [5.74, 6) is 0. The van der Waals surface area contributed by atoms with Crippen molar-refractivity contribution in [2.45, 2.75) is 31.2 Å². The Morgan fingerprint density at radius 1 is 1.29 bits per heavy atom. The second-order valence-corrected chi connectivity index (χ2v) is 4.28. The number of nitrogens with one attached hydrogen (secondary N) is 1. The summed E-state index contributed by atoms with van der Waals surface area (Å²) in [7, 11) is 0. The number of hydrogen-bond donors (Lipinski definition) is 2. The van der Waals surface area contributed by atoms with Crippen LogP contribution in [0.15, 0.2) is 24.3 Å². The number of halogens is 3. The molecule has 1 aliphatic rings. The first-order valence-corrected chi connectivity index (χ1v) is 5.56. The number of aliphatic hydroxyl groups is 1. The lowest BCUT2D eigenvalue weighted by Gasteiger charge is -2.17. The van der Waals surface area contributed by atoms with Gasteiger partial charge in [-0.3, -0.25) is 0 Å². The van der Waals surface area contributed by atoms with Crippen LogP contribution in [0.2, 0.25) is 0 Å². The van der Waals surface area contributed by atoms with Gasteiger partial charge in [-0.2, -0.15) is 13.2 Å². The molecular formula is C12H14F3NO. The fraction of sp³-hybridized carbons (Fsp3) is 0.500. The quantitative estimate of drug-likeness (QED) is 0.854. The third-order valence-electron chi connectivity index (χ3n) is 2.80. The van der Waals surface area contributed by atoms with Gasteiger partial charge in [-0.05, 0) is 24.5 Å². The summed E-state index contributed by atoms with van der Waals surface area (Å²) in [5, 5.41) is 12.8. The van der Waals surface area contributed by atoms with Gasteiger partial charge in [0.15, 0.2) is 0 Å². The predicted octanol–water partition coefficient (Wildman–Crippen LogP) is 2.49. The molecule has 1 aromatic rings. The third kappa shape index (κ3) is 3.20. The molecule has 0 radical (unpaired) electrons. The standard InChI is InChI=1S/C12H14F3NO/c13-12(14,15)10-4-2-1-3-9(10)11(17)7-16-8-5-6-8/h1-4,8,11,16-17H,5-7H2. The number of hydrogen-bond acceptors (Lipinski definition) is 2. The van der Waals surface area contributed by atoms with E-state index in [4.69, 9.17) is 0 Å². The summed E-state index contributed by atoms with van der Waals surface area (Å²) in [6.45, 7) is 0.164. The first-order valence-electron chi connectivity index (χ1n) is 5.56. The maximum Gasteiger partial charge on any atom is 0.416 e. The van der Waals surface area contributed by atoms with E-state index in [1.165, 1.54) is 18.2 Å². The highest BCUT2D eigenvalue weighted by atomic mass is 19.4. The average molecular weight is 245 g/mol. The van der Waals surface area contributed by atoms with Crippen molar-refractivity contribution in [1.29, 1.82) is 0 Å². The maximum absolute atomic E-state index is 12.7. The largest absolute Gasteiger partial charge is 0.416 e. The molecule has 2 N–H and O–H groups in total. The topological polar surface area (TPSA) is 32.3 Å². The monoisotopic (exact) mass is 245 g/mol. The van der Waals surface area contributed by atoms with E-state index < -0.39 is 17.8 Å². The van der Waals surface area contributed by atoms with Gasteiger partial charge < -0.3 is 10.4 Å². The highest BCUT2D eigenvalue weighted by Crippen LogP contribution is 2.34. The summed E-state index contributed by atoms with van der Waals surface area (Å²) in [4.78, 5) is 0. The van der Waals surface area contributed by atoms with E-state index in [1.807, 2.05) is 0 Å². The van der Waals surface area contributed by atoms with Gasteiger partial charge in [0.2, 0.25) is 0 Å². The Morgan fingerprint density at radius 3 is 2.53 bits per heavy atom. The van der Waals surface area contributed by atoms with Crippen LogP contribution in [0.3, 0.4) is 0 Å². The zero-order valence-electron chi connectivity index (χ0n) is 9.17. The molecule has 1 aliphatic carbocycles. The second kappa shape index (κ2) is 4.66. The molecule has 1 unspecified atom stereocenters. The number of aliphatic hydroxyl groups excluding tert-OH is 1. The van der Waals surface area contributed by atoms with Crippen LogP contribution in [0.25, 0.3) is 0 Å². The van der Waals surface area contributed by atoms with Crippen LogP contribution in [-0.2, 0) is 6.18 Å². The molecule has 1 fully saturated rings. The van der Waals surface area contributed by atoms with Crippen molar-refractivity contribution in [3.05, 3.63) is 35.4 Å². The summed E-state index contributed by atoms with van der Waals surface area (Å²) in [6, 6.07) is 5.51. The van der Waals surface area contributed by atoms with E-state index in [-0.39, 0.29) is 12.1 Å². The molecule has 1 saturated carbocycles. The highest BCUT2D eigenvalue weighted by Gasteiger charge is 2.34. The van der Waals surface area contributed by atoms with Crippen LogP contribution in [-0.4, -0.2) is 17.7 Å². The van der Waals surface area contributed by atoms with Crippen molar-refractivity contribution in [2.75, 3.05) is 6.54 Å². The normalized spacial score (nSPS) is 18.1. The smallest absolute Gasteiger partial charge is 0.387 e. The minimum absolute atomic E-state index is 0.0619. The van der Waals surface area contributed by atoms with Crippen LogP contribution in [0.5, 0.6) is 0 Å². The van der Waals surface area contributed by atoms with Crippen molar-refractivity contribution in [3.8, 4) is 0 Å². The second-order valence-electron chi connectivity index (χ2n) is 4.28. The van der Waals surface area contributed by atoms with E-state index in [0.29, 0.717) is 6.04 Å². The molecule has 0 heterocycles. The molecule has 0 saturated heterocycles. The molecule has 0 amide bonds. The lowest BCUT2D eigenvalue weighted by Crippen LogP contribution is -2.25. The molecule has 94 valence electrons. The van der Waals surface area contributed by atoms with Gasteiger partial charge >= 0.3 is 6.18 Å². The van der Waals surface area contributed by atoms with Gasteiger partial charge in [0.05, 0.1) is 11.7 Å². The minimum Gasteiger partial charge on any atom is -0.387 e. The molecule has 17 heavy (non-hydrogen) atoms. The molecule has 0 aromatic heterocycles. The number of alkyl halides is 3. The molecule has 1 aromatic carbocycles. The zero-order valence-corrected chi connectivity index (χ0v) is 9.17. The molecule has 0 bridgehead atoms. The van der Waals surface area contributed by atoms with Gasteiger partial charge in [0.25, 0.3) is 0 Å². The molecule has 0 spiro atoms. The van der Waals surface area contributed by atoms with Gasteiger partial charge in [0, 0.05) is 12.6 Å². The Balaban J connectivity index is 2.12. The number of benzene rings is 1. The van der Waals surface area contributed by atoms with Gasteiger partial charge in [-0.25, -0.2) is 0 Å². The molecule has 2 nitrogen and oxygen atoms in total. The molecule has 5 heteroatoms. The zero-order chi connectivity index (χ0) is 12.5. The van der Waals surface area contributed by atoms with Crippen molar-refractivity contribution in [1.82, 2.24) is 5.32 Å². The average Bonchev–Trinajstić information content (AvgIpc) is 3.08. The van der Waals surface area contributed by atoms with Crippen LogP contribution in [0, 0.1) is 0 Å². The predicted molar refractivity (Wildman–Crippen MR) is 57.4 cm³/mol. The summed E-state index contributed by atoms with van der Waals surface area (Å²) < 4.78 is 38.1. The van der Waals surface area contributed by atoms with E-state index in [2.05, 4.69) is 5.32 Å². The third-order valence-corrected chi connectivity index (χ3v) is 2.80.